The van der Waals surface area contributed by atoms with Crippen molar-refractivity contribution in [1.29, 1.82) is 0 Å². The molecular formula is C24H15F2IN4O2S. The van der Waals surface area contributed by atoms with E-state index in [9.17, 15) is 13.6 Å². The van der Waals surface area contributed by atoms with Gasteiger partial charge in [-0.05, 0) is 59.0 Å². The van der Waals surface area contributed by atoms with Crippen LogP contribution in [-0.4, -0.2) is 23.4 Å². The zero-order valence-electron chi connectivity index (χ0n) is 17.3. The summed E-state index contributed by atoms with van der Waals surface area (Å²) in [5, 5.41) is 9.26. The van der Waals surface area contributed by atoms with Gasteiger partial charge in [0.1, 0.15) is 17.3 Å². The summed E-state index contributed by atoms with van der Waals surface area (Å²) in [5.41, 5.74) is 2.88. The van der Waals surface area contributed by atoms with Crippen LogP contribution < -0.4 is 14.9 Å². The summed E-state index contributed by atoms with van der Waals surface area (Å²) >= 11 is 3.48. The number of hydrogen-bond acceptors (Lipinski definition) is 5. The molecule has 170 valence electrons. The van der Waals surface area contributed by atoms with Crippen LogP contribution in [0.15, 0.2) is 76.1 Å². The Labute approximate surface area is 210 Å². The predicted octanol–water partition coefficient (Wildman–Crippen LogP) is 5.54. The van der Waals surface area contributed by atoms with E-state index in [1.807, 2.05) is 35.7 Å². The molecule has 0 atom stereocenters. The molecule has 0 radical (unpaired) electrons. The fourth-order valence-electron chi connectivity index (χ4n) is 3.30. The Bertz CT molecular complexity index is 1510. The van der Waals surface area contributed by atoms with E-state index in [0.29, 0.717) is 21.9 Å². The number of carbonyl (C=O) groups is 1. The molecule has 1 aliphatic rings. The number of benzene rings is 3. The number of nitrogens with one attached hydrogen (secondary N) is 1. The Morgan fingerprint density at radius 1 is 1.12 bits per heavy atom. The summed E-state index contributed by atoms with van der Waals surface area (Å²) in [6, 6.07) is 16.4. The minimum atomic E-state index is -0.767. The quantitative estimate of drug-likeness (QED) is 0.251. The minimum Gasteiger partial charge on any atom is -0.482 e. The van der Waals surface area contributed by atoms with Gasteiger partial charge in [-0.2, -0.15) is 5.10 Å². The highest BCUT2D eigenvalue weighted by Crippen LogP contribution is 2.33. The lowest BCUT2D eigenvalue weighted by Crippen LogP contribution is -2.25. The van der Waals surface area contributed by atoms with Gasteiger partial charge in [-0.15, -0.1) is 11.3 Å². The number of nitrogens with zero attached hydrogens (tertiary/aromatic N) is 3. The van der Waals surface area contributed by atoms with E-state index in [-0.39, 0.29) is 18.2 Å². The molecule has 0 aliphatic carbocycles. The van der Waals surface area contributed by atoms with Crippen LogP contribution in [0.25, 0.3) is 11.3 Å². The third kappa shape index (κ3) is 4.64. The first-order chi connectivity index (χ1) is 16.5. The standard InChI is InChI=1S/C24H15F2IN4O2S/c25-16-6-7-19(17(26)10-16)30-24-31(28-11-15-3-1-2-4-18(15)27)21(13-34-24)14-5-8-22-20(9-14)29-23(32)12-33-22/h1-11,13H,12H2,(H,29,32). The van der Waals surface area contributed by atoms with E-state index in [0.717, 1.165) is 26.8 Å². The number of halogens is 3. The molecule has 4 aromatic rings. The second-order valence-corrected chi connectivity index (χ2v) is 9.24. The SMILES string of the molecule is O=C1COc2ccc(-c3csc(=Nc4ccc(F)cc4F)n3N=Cc3ccccc3I)cc2N1. The lowest BCUT2D eigenvalue weighted by Gasteiger charge is -2.18. The average Bonchev–Trinajstić information content (AvgIpc) is 3.22. The molecule has 1 aliphatic heterocycles. The van der Waals surface area contributed by atoms with Gasteiger partial charge < -0.3 is 10.1 Å². The lowest BCUT2D eigenvalue weighted by atomic mass is 10.1. The van der Waals surface area contributed by atoms with Crippen LogP contribution in [-0.2, 0) is 4.79 Å². The van der Waals surface area contributed by atoms with Crippen molar-refractivity contribution in [1.82, 2.24) is 4.68 Å². The third-order valence-electron chi connectivity index (χ3n) is 4.94. The fraction of sp³-hybridized carbons (Fsp3) is 0.0417. The van der Waals surface area contributed by atoms with Crippen LogP contribution in [0.5, 0.6) is 5.75 Å². The van der Waals surface area contributed by atoms with Crippen LogP contribution in [0.2, 0.25) is 0 Å². The summed E-state index contributed by atoms with van der Waals surface area (Å²) < 4.78 is 35.7. The van der Waals surface area contributed by atoms with Gasteiger partial charge in [-0.1, -0.05) is 18.2 Å². The topological polar surface area (TPSA) is 68.0 Å². The van der Waals surface area contributed by atoms with Gasteiger partial charge in [-0.25, -0.2) is 18.4 Å². The van der Waals surface area contributed by atoms with E-state index < -0.39 is 11.6 Å². The molecule has 10 heteroatoms. The minimum absolute atomic E-state index is 0.000791. The third-order valence-corrected chi connectivity index (χ3v) is 6.74. The Balaban J connectivity index is 1.65. The largest absolute Gasteiger partial charge is 0.482 e. The zero-order valence-corrected chi connectivity index (χ0v) is 20.3. The van der Waals surface area contributed by atoms with Crippen LogP contribution in [0.4, 0.5) is 20.2 Å². The zero-order chi connectivity index (χ0) is 23.7. The predicted molar refractivity (Wildman–Crippen MR) is 136 cm³/mol. The maximum atomic E-state index is 14.3. The number of ether oxygens (including phenoxy) is 1. The normalized spacial score (nSPS) is 13.6. The van der Waals surface area contributed by atoms with Crippen LogP contribution in [0.3, 0.4) is 0 Å². The number of amides is 1. The van der Waals surface area contributed by atoms with E-state index in [1.165, 1.54) is 17.4 Å². The van der Waals surface area contributed by atoms with Crippen molar-refractivity contribution < 1.29 is 18.3 Å². The van der Waals surface area contributed by atoms with Gasteiger partial charge in [0, 0.05) is 26.1 Å². The first-order valence-electron chi connectivity index (χ1n) is 10.0. The van der Waals surface area contributed by atoms with E-state index in [2.05, 4.69) is 38.0 Å². The van der Waals surface area contributed by atoms with Gasteiger partial charge in [-0.3, -0.25) is 4.79 Å². The van der Waals surface area contributed by atoms with Crippen LogP contribution in [0, 0.1) is 15.2 Å². The van der Waals surface area contributed by atoms with Gasteiger partial charge in [0.15, 0.2) is 12.4 Å². The maximum Gasteiger partial charge on any atom is 0.262 e. The highest BCUT2D eigenvalue weighted by atomic mass is 127. The summed E-state index contributed by atoms with van der Waals surface area (Å²) in [5.74, 6) is -1.10. The van der Waals surface area contributed by atoms with Crippen molar-refractivity contribution in [2.45, 2.75) is 0 Å². The Morgan fingerprint density at radius 3 is 2.79 bits per heavy atom. The molecule has 34 heavy (non-hydrogen) atoms. The molecule has 0 saturated carbocycles. The molecule has 0 bridgehead atoms. The van der Waals surface area contributed by atoms with Crippen molar-refractivity contribution in [3.05, 3.63) is 91.6 Å². The molecule has 5 rings (SSSR count). The van der Waals surface area contributed by atoms with Crippen LogP contribution in [0.1, 0.15) is 5.56 Å². The lowest BCUT2D eigenvalue weighted by molar-refractivity contribution is -0.118. The van der Waals surface area contributed by atoms with Crippen LogP contribution >= 0.6 is 33.9 Å². The molecule has 6 nitrogen and oxygen atoms in total. The Morgan fingerprint density at radius 2 is 1.97 bits per heavy atom. The molecule has 0 fully saturated rings. The maximum absolute atomic E-state index is 14.3. The Hall–Kier alpha value is -3.38. The molecular weight excluding hydrogens is 573 g/mol. The monoisotopic (exact) mass is 588 g/mol. The number of hydrogen-bond donors (Lipinski definition) is 1. The molecule has 0 saturated heterocycles. The van der Waals surface area contributed by atoms with E-state index in [1.54, 1.807) is 23.0 Å². The average molecular weight is 588 g/mol. The number of aromatic nitrogens is 1. The van der Waals surface area contributed by atoms with Gasteiger partial charge in [0.25, 0.3) is 5.91 Å². The summed E-state index contributed by atoms with van der Waals surface area (Å²) in [4.78, 5) is 16.5. The first-order valence-corrected chi connectivity index (χ1v) is 12.0. The number of thiazole rings is 1. The molecule has 1 N–H and O–H groups in total. The highest BCUT2D eigenvalue weighted by Gasteiger charge is 2.18. The number of anilines is 1. The molecule has 1 aromatic heterocycles. The van der Waals surface area contributed by atoms with Crippen molar-refractivity contribution in [3.8, 4) is 17.0 Å². The van der Waals surface area contributed by atoms with E-state index in [4.69, 9.17) is 4.74 Å². The van der Waals surface area contributed by atoms with Gasteiger partial charge in [0.2, 0.25) is 4.80 Å². The number of rotatable bonds is 4. The molecule has 0 spiro atoms. The number of fused-ring (bicyclic) bond motifs is 1. The van der Waals surface area contributed by atoms with Gasteiger partial charge in [0.05, 0.1) is 17.6 Å². The molecule has 0 unspecified atom stereocenters. The fourth-order valence-corrected chi connectivity index (χ4v) is 4.68. The second-order valence-electron chi connectivity index (χ2n) is 7.24. The van der Waals surface area contributed by atoms with Gasteiger partial charge >= 0.3 is 0 Å². The van der Waals surface area contributed by atoms with Crippen molar-refractivity contribution in [3.63, 3.8) is 0 Å². The smallest absolute Gasteiger partial charge is 0.262 e. The first kappa shape index (κ1) is 22.4. The summed E-state index contributed by atoms with van der Waals surface area (Å²) in [7, 11) is 0. The van der Waals surface area contributed by atoms with Crippen molar-refractivity contribution >= 4 is 57.4 Å². The Kier molecular flexibility index (Phi) is 6.24. The second kappa shape index (κ2) is 9.47. The molecule has 1 amide bonds. The number of carbonyl (C=O) groups excluding carboxylic acids is 1. The molecule has 3 aromatic carbocycles. The highest BCUT2D eigenvalue weighted by molar-refractivity contribution is 14.1. The van der Waals surface area contributed by atoms with E-state index >= 15 is 0 Å². The summed E-state index contributed by atoms with van der Waals surface area (Å²) in [6.07, 6.45) is 1.70. The molecule has 2 heterocycles. The van der Waals surface area contributed by atoms with Crippen molar-refractivity contribution in [2.24, 2.45) is 10.1 Å². The summed E-state index contributed by atoms with van der Waals surface area (Å²) in [6.45, 7) is -0.0307. The van der Waals surface area contributed by atoms with Crippen molar-refractivity contribution in [2.75, 3.05) is 11.9 Å².